The highest BCUT2D eigenvalue weighted by Gasteiger charge is 2.29. The van der Waals surface area contributed by atoms with Gasteiger partial charge in [0.25, 0.3) is 0 Å². The zero-order valence-electron chi connectivity index (χ0n) is 9.22. The van der Waals surface area contributed by atoms with E-state index in [1.165, 1.54) is 4.31 Å². The zero-order chi connectivity index (χ0) is 11.5. The van der Waals surface area contributed by atoms with E-state index in [4.69, 9.17) is 4.74 Å². The molecule has 0 aromatic rings. The number of aliphatic hydroxyl groups excluding tert-OH is 1. The number of sulfonamides is 1. The van der Waals surface area contributed by atoms with Crippen molar-refractivity contribution in [1.29, 1.82) is 0 Å². The Morgan fingerprint density at radius 2 is 2.20 bits per heavy atom. The highest BCUT2D eigenvalue weighted by atomic mass is 32.2. The Labute approximate surface area is 91.1 Å². The molecule has 1 aliphatic rings. The van der Waals surface area contributed by atoms with Crippen LogP contribution in [-0.4, -0.2) is 55.5 Å². The fourth-order valence-electron chi connectivity index (χ4n) is 1.48. The molecule has 0 spiro atoms. The maximum atomic E-state index is 11.7. The summed E-state index contributed by atoms with van der Waals surface area (Å²) in [6.07, 6.45) is 0.0692. The van der Waals surface area contributed by atoms with E-state index in [-0.39, 0.29) is 25.0 Å². The van der Waals surface area contributed by atoms with E-state index in [9.17, 15) is 13.5 Å². The molecule has 0 radical (unpaired) electrons. The number of β-amino-alcohol motifs (C(OH)–C–C–N with tert-alkyl or cyclic N) is 1. The van der Waals surface area contributed by atoms with Crippen LogP contribution in [0.25, 0.3) is 0 Å². The molecule has 0 unspecified atom stereocenters. The molecule has 1 rings (SSSR count). The summed E-state index contributed by atoms with van der Waals surface area (Å²) in [6.45, 7) is 4.60. The average molecular weight is 237 g/mol. The summed E-state index contributed by atoms with van der Waals surface area (Å²) < 4.78 is 29.9. The Bertz CT molecular complexity index is 288. The quantitative estimate of drug-likeness (QED) is 0.719. The van der Waals surface area contributed by atoms with Gasteiger partial charge in [-0.1, -0.05) is 0 Å². The maximum absolute atomic E-state index is 11.7. The van der Waals surface area contributed by atoms with Crippen molar-refractivity contribution in [3.05, 3.63) is 0 Å². The molecule has 15 heavy (non-hydrogen) atoms. The largest absolute Gasteiger partial charge is 0.392 e. The second-order valence-electron chi connectivity index (χ2n) is 4.04. The number of nitrogens with zero attached hydrogens (tertiary/aromatic N) is 1. The summed E-state index contributed by atoms with van der Waals surface area (Å²) in [7, 11) is -3.24. The van der Waals surface area contributed by atoms with Crippen LogP contribution in [0.2, 0.25) is 0 Å². The number of rotatable bonds is 5. The van der Waals surface area contributed by atoms with Crippen LogP contribution < -0.4 is 0 Å². The van der Waals surface area contributed by atoms with E-state index in [0.29, 0.717) is 13.0 Å². The van der Waals surface area contributed by atoms with Gasteiger partial charge in [0, 0.05) is 13.1 Å². The van der Waals surface area contributed by atoms with Crippen LogP contribution >= 0.6 is 0 Å². The number of hydrogen-bond acceptors (Lipinski definition) is 4. The number of aliphatic hydroxyl groups is 1. The van der Waals surface area contributed by atoms with Crippen molar-refractivity contribution in [3.63, 3.8) is 0 Å². The standard InChI is InChI=1S/C9H19NO4S/c1-8(2)14-5-6-15(12,13)10-4-3-9(11)7-10/h8-9,11H,3-7H2,1-2H3/t9-/m0/s1. The van der Waals surface area contributed by atoms with Gasteiger partial charge >= 0.3 is 0 Å². The van der Waals surface area contributed by atoms with Gasteiger partial charge in [-0.05, 0) is 20.3 Å². The topological polar surface area (TPSA) is 66.8 Å². The first-order valence-electron chi connectivity index (χ1n) is 5.19. The van der Waals surface area contributed by atoms with E-state index in [2.05, 4.69) is 0 Å². The van der Waals surface area contributed by atoms with Crippen molar-refractivity contribution in [3.8, 4) is 0 Å². The molecule has 90 valence electrons. The van der Waals surface area contributed by atoms with Gasteiger partial charge in [0.1, 0.15) is 0 Å². The summed E-state index contributed by atoms with van der Waals surface area (Å²) in [5, 5.41) is 9.24. The molecule has 0 aromatic carbocycles. The molecule has 6 heteroatoms. The molecule has 0 saturated carbocycles. The molecular formula is C9H19NO4S. The molecule has 1 atom stereocenters. The fraction of sp³-hybridized carbons (Fsp3) is 1.00. The molecule has 1 saturated heterocycles. The molecule has 0 bridgehead atoms. The monoisotopic (exact) mass is 237 g/mol. The fourth-order valence-corrected chi connectivity index (χ4v) is 2.83. The lowest BCUT2D eigenvalue weighted by atomic mass is 10.3. The van der Waals surface area contributed by atoms with Gasteiger partial charge in [-0.3, -0.25) is 0 Å². The zero-order valence-corrected chi connectivity index (χ0v) is 10.0. The van der Waals surface area contributed by atoms with Crippen molar-refractivity contribution in [2.24, 2.45) is 0 Å². The third kappa shape index (κ3) is 4.06. The van der Waals surface area contributed by atoms with Crippen LogP contribution in [0.4, 0.5) is 0 Å². The molecular weight excluding hydrogens is 218 g/mol. The lowest BCUT2D eigenvalue weighted by Crippen LogP contribution is -2.33. The summed E-state index contributed by atoms with van der Waals surface area (Å²) >= 11 is 0. The molecule has 1 fully saturated rings. The number of ether oxygens (including phenoxy) is 1. The minimum atomic E-state index is -3.24. The molecule has 0 amide bonds. The Balaban J connectivity index is 2.38. The first-order chi connectivity index (χ1) is 6.92. The molecule has 0 aromatic heterocycles. The van der Waals surface area contributed by atoms with Gasteiger partial charge in [-0.25, -0.2) is 8.42 Å². The Morgan fingerprint density at radius 3 is 2.67 bits per heavy atom. The maximum Gasteiger partial charge on any atom is 0.216 e. The molecule has 0 aliphatic carbocycles. The lowest BCUT2D eigenvalue weighted by Gasteiger charge is -2.16. The summed E-state index contributed by atoms with van der Waals surface area (Å²) in [6, 6.07) is 0. The van der Waals surface area contributed by atoms with Crippen molar-refractivity contribution < 1.29 is 18.3 Å². The molecule has 1 aliphatic heterocycles. The van der Waals surface area contributed by atoms with E-state index < -0.39 is 16.1 Å². The van der Waals surface area contributed by atoms with E-state index >= 15 is 0 Å². The third-order valence-corrected chi connectivity index (χ3v) is 4.11. The highest BCUT2D eigenvalue weighted by molar-refractivity contribution is 7.89. The minimum Gasteiger partial charge on any atom is -0.392 e. The first kappa shape index (κ1) is 12.9. The van der Waals surface area contributed by atoms with Crippen molar-refractivity contribution in [2.45, 2.75) is 32.5 Å². The van der Waals surface area contributed by atoms with Gasteiger partial charge in [0.05, 0.1) is 24.6 Å². The third-order valence-electron chi connectivity index (χ3n) is 2.31. The summed E-state index contributed by atoms with van der Waals surface area (Å²) in [5.41, 5.74) is 0. The van der Waals surface area contributed by atoms with Crippen molar-refractivity contribution in [2.75, 3.05) is 25.4 Å². The number of hydrogen-bond donors (Lipinski definition) is 1. The van der Waals surface area contributed by atoms with Gasteiger partial charge in [-0.2, -0.15) is 4.31 Å². The van der Waals surface area contributed by atoms with Crippen LogP contribution in [-0.2, 0) is 14.8 Å². The average Bonchev–Trinajstić information content (AvgIpc) is 2.51. The van der Waals surface area contributed by atoms with Gasteiger partial charge < -0.3 is 9.84 Å². The summed E-state index contributed by atoms with van der Waals surface area (Å²) in [4.78, 5) is 0. The van der Waals surface area contributed by atoms with E-state index in [0.717, 1.165) is 0 Å². The van der Waals surface area contributed by atoms with Crippen molar-refractivity contribution in [1.82, 2.24) is 4.31 Å². The predicted molar refractivity (Wildman–Crippen MR) is 57.1 cm³/mol. The molecule has 1 N–H and O–H groups in total. The van der Waals surface area contributed by atoms with Crippen LogP contribution in [0.1, 0.15) is 20.3 Å². The lowest BCUT2D eigenvalue weighted by molar-refractivity contribution is 0.0907. The van der Waals surface area contributed by atoms with Crippen LogP contribution in [0.15, 0.2) is 0 Å². The van der Waals surface area contributed by atoms with Gasteiger partial charge in [0.15, 0.2) is 0 Å². The Morgan fingerprint density at radius 1 is 1.53 bits per heavy atom. The second kappa shape index (κ2) is 5.25. The molecule has 1 heterocycles. The Kier molecular flexibility index (Phi) is 4.51. The first-order valence-corrected chi connectivity index (χ1v) is 6.80. The summed E-state index contributed by atoms with van der Waals surface area (Å²) in [5.74, 6) is -0.00208. The SMILES string of the molecule is CC(C)OCCS(=O)(=O)N1CC[C@H](O)C1. The second-order valence-corrected chi connectivity index (χ2v) is 6.12. The van der Waals surface area contributed by atoms with Crippen LogP contribution in [0.3, 0.4) is 0 Å². The predicted octanol–water partition coefficient (Wildman–Crippen LogP) is -0.192. The highest BCUT2D eigenvalue weighted by Crippen LogP contribution is 2.13. The molecule has 5 nitrogen and oxygen atoms in total. The smallest absolute Gasteiger partial charge is 0.216 e. The Hall–Kier alpha value is -0.170. The van der Waals surface area contributed by atoms with Crippen LogP contribution in [0.5, 0.6) is 0 Å². The van der Waals surface area contributed by atoms with E-state index in [1.54, 1.807) is 0 Å². The van der Waals surface area contributed by atoms with E-state index in [1.807, 2.05) is 13.8 Å². The van der Waals surface area contributed by atoms with Crippen LogP contribution in [0, 0.1) is 0 Å². The normalized spacial score (nSPS) is 23.9. The van der Waals surface area contributed by atoms with Gasteiger partial charge in [-0.15, -0.1) is 0 Å². The van der Waals surface area contributed by atoms with Crippen molar-refractivity contribution >= 4 is 10.0 Å². The minimum absolute atomic E-state index is 0.00208. The van der Waals surface area contributed by atoms with Gasteiger partial charge in [0.2, 0.25) is 10.0 Å².